The van der Waals surface area contributed by atoms with Crippen LogP contribution in [0.25, 0.3) is 6.08 Å². The molecule has 0 bridgehead atoms. The van der Waals surface area contributed by atoms with Crippen molar-refractivity contribution in [2.24, 2.45) is 11.7 Å². The molecule has 1 fully saturated rings. The summed E-state index contributed by atoms with van der Waals surface area (Å²) in [6, 6.07) is 21.7. The Bertz CT molecular complexity index is 1360. The summed E-state index contributed by atoms with van der Waals surface area (Å²) in [6.45, 7) is 6.96. The number of nitrogens with two attached hydrogens (primary N) is 1. The lowest BCUT2D eigenvalue weighted by Gasteiger charge is -2.36. The maximum Gasteiger partial charge on any atom is 0.416 e. The molecule has 3 aromatic rings. The van der Waals surface area contributed by atoms with Crippen LogP contribution in [0.1, 0.15) is 36.1 Å². The number of carbonyl (C=O) groups is 2. The topological polar surface area (TPSA) is 75.9 Å². The third-order valence-electron chi connectivity index (χ3n) is 7.19. The predicted molar refractivity (Wildman–Crippen MR) is 156 cm³/mol. The van der Waals surface area contributed by atoms with Gasteiger partial charge in [-0.25, -0.2) is 0 Å². The Morgan fingerprint density at radius 1 is 0.881 bits per heavy atom. The molecular weight excluding hydrogens is 543 g/mol. The zero-order valence-corrected chi connectivity index (χ0v) is 23.8. The molecule has 1 unspecified atom stereocenters. The van der Waals surface area contributed by atoms with Crippen LogP contribution < -0.4 is 10.5 Å². The van der Waals surface area contributed by atoms with Gasteiger partial charge >= 0.3 is 6.18 Å². The van der Waals surface area contributed by atoms with E-state index in [9.17, 15) is 22.8 Å². The first-order valence-corrected chi connectivity index (χ1v) is 14.0. The van der Waals surface area contributed by atoms with E-state index in [1.54, 1.807) is 4.90 Å². The first kappa shape index (κ1) is 30.8. The summed E-state index contributed by atoms with van der Waals surface area (Å²) in [5.41, 5.74) is 7.39. The van der Waals surface area contributed by atoms with Gasteiger partial charge in [-0.1, -0.05) is 54.6 Å². The summed E-state index contributed by atoms with van der Waals surface area (Å²) in [4.78, 5) is 30.6. The number of alkyl halides is 3. The van der Waals surface area contributed by atoms with Crippen molar-refractivity contribution in [3.63, 3.8) is 0 Å². The minimum absolute atomic E-state index is 0.0646. The van der Waals surface area contributed by atoms with Crippen molar-refractivity contribution >= 4 is 17.9 Å². The zero-order chi connectivity index (χ0) is 30.3. The van der Waals surface area contributed by atoms with E-state index in [0.29, 0.717) is 31.7 Å². The Balaban J connectivity index is 1.50. The highest BCUT2D eigenvalue weighted by Crippen LogP contribution is 2.30. The van der Waals surface area contributed by atoms with Crippen LogP contribution in [0.5, 0.6) is 5.75 Å². The summed E-state index contributed by atoms with van der Waals surface area (Å²) in [5, 5.41) is 0. The second kappa shape index (κ2) is 13.7. The lowest BCUT2D eigenvalue weighted by atomic mass is 9.88. The van der Waals surface area contributed by atoms with Crippen LogP contribution >= 0.6 is 0 Å². The average molecular weight is 580 g/mol. The summed E-state index contributed by atoms with van der Waals surface area (Å²) >= 11 is 0. The van der Waals surface area contributed by atoms with Gasteiger partial charge in [-0.2, -0.15) is 13.2 Å². The van der Waals surface area contributed by atoms with Crippen molar-refractivity contribution in [2.75, 3.05) is 26.2 Å². The number of rotatable bonds is 10. The van der Waals surface area contributed by atoms with Gasteiger partial charge in [-0.3, -0.25) is 14.5 Å². The van der Waals surface area contributed by atoms with Gasteiger partial charge in [0.2, 0.25) is 11.8 Å². The molecule has 222 valence electrons. The maximum absolute atomic E-state index is 13.9. The number of piperazine rings is 1. The standard InChI is InChI=1S/C33H36F3N3O3/c1-23(2)42-28-14-10-26(11-15-28)22-38-16-18-39(19-17-38)32(41)30(21-24-6-4-3-5-7-24)29(31(37)40)20-25-8-12-27(13-9-25)33(34,35)36/h3-15,20,23,30H,16-19,21-22H2,1-2H3,(H2,37,40). The van der Waals surface area contributed by atoms with Gasteiger partial charge in [0.1, 0.15) is 5.75 Å². The van der Waals surface area contributed by atoms with Crippen molar-refractivity contribution in [1.82, 2.24) is 9.80 Å². The number of amides is 2. The van der Waals surface area contributed by atoms with Crippen molar-refractivity contribution in [2.45, 2.75) is 39.1 Å². The number of carbonyl (C=O) groups excluding carboxylic acids is 2. The van der Waals surface area contributed by atoms with Crippen LogP contribution in [-0.4, -0.2) is 53.9 Å². The lowest BCUT2D eigenvalue weighted by molar-refractivity contribution is -0.138. The van der Waals surface area contributed by atoms with Crippen LogP contribution in [0.15, 0.2) is 84.4 Å². The fourth-order valence-electron chi connectivity index (χ4n) is 5.02. The molecule has 0 aromatic heterocycles. The molecule has 0 radical (unpaired) electrons. The number of hydrogen-bond donors (Lipinski definition) is 1. The van der Waals surface area contributed by atoms with Crippen LogP contribution in [-0.2, 0) is 28.7 Å². The summed E-state index contributed by atoms with van der Waals surface area (Å²) in [5.74, 6) is -1.08. The minimum atomic E-state index is -4.48. The molecule has 1 aliphatic rings. The number of hydrogen-bond acceptors (Lipinski definition) is 4. The quantitative estimate of drug-likeness (QED) is 0.319. The maximum atomic E-state index is 13.9. The fourth-order valence-corrected chi connectivity index (χ4v) is 5.02. The van der Waals surface area contributed by atoms with E-state index >= 15 is 0 Å². The minimum Gasteiger partial charge on any atom is -0.491 e. The highest BCUT2D eigenvalue weighted by molar-refractivity contribution is 6.03. The smallest absolute Gasteiger partial charge is 0.416 e. The third kappa shape index (κ3) is 8.45. The van der Waals surface area contributed by atoms with Gasteiger partial charge in [-0.15, -0.1) is 0 Å². The molecule has 2 amide bonds. The second-order valence-electron chi connectivity index (χ2n) is 10.7. The van der Waals surface area contributed by atoms with Gasteiger partial charge < -0.3 is 15.4 Å². The number of nitrogens with zero attached hydrogens (tertiary/aromatic N) is 2. The molecule has 0 aliphatic carbocycles. The molecule has 1 atom stereocenters. The van der Waals surface area contributed by atoms with Crippen molar-refractivity contribution in [1.29, 1.82) is 0 Å². The Kier molecular flexibility index (Phi) is 10.1. The molecule has 1 heterocycles. The molecule has 4 rings (SSSR count). The SMILES string of the molecule is CC(C)Oc1ccc(CN2CCN(C(=O)C(Cc3ccccc3)C(=Cc3ccc(C(F)(F)F)cc3)C(N)=O)CC2)cc1. The van der Waals surface area contributed by atoms with Crippen molar-refractivity contribution in [3.8, 4) is 5.75 Å². The number of ether oxygens (including phenoxy) is 1. The molecule has 0 saturated carbocycles. The van der Waals surface area contributed by atoms with E-state index in [2.05, 4.69) is 4.90 Å². The molecule has 2 N–H and O–H groups in total. The first-order valence-electron chi connectivity index (χ1n) is 14.0. The molecule has 3 aromatic carbocycles. The van der Waals surface area contributed by atoms with Crippen LogP contribution in [0.3, 0.4) is 0 Å². The Labute approximate surface area is 244 Å². The van der Waals surface area contributed by atoms with E-state index in [1.165, 1.54) is 18.2 Å². The first-order chi connectivity index (χ1) is 20.0. The van der Waals surface area contributed by atoms with Gasteiger partial charge in [0, 0.05) is 38.3 Å². The van der Waals surface area contributed by atoms with E-state index in [4.69, 9.17) is 10.5 Å². The molecule has 0 spiro atoms. The van der Waals surface area contributed by atoms with E-state index < -0.39 is 23.6 Å². The molecule has 42 heavy (non-hydrogen) atoms. The van der Waals surface area contributed by atoms with Gasteiger partial charge in [0.05, 0.1) is 17.6 Å². The highest BCUT2D eigenvalue weighted by Gasteiger charge is 2.33. The molecule has 6 nitrogen and oxygen atoms in total. The average Bonchev–Trinajstić information content (AvgIpc) is 2.96. The molecule has 1 saturated heterocycles. The number of halogens is 3. The summed E-state index contributed by atoms with van der Waals surface area (Å²) < 4.78 is 44.9. The largest absolute Gasteiger partial charge is 0.491 e. The zero-order valence-electron chi connectivity index (χ0n) is 23.8. The van der Waals surface area contributed by atoms with Gasteiger partial charge in [0.15, 0.2) is 0 Å². The molecular formula is C33H36F3N3O3. The highest BCUT2D eigenvalue weighted by atomic mass is 19.4. The molecule has 9 heteroatoms. The van der Waals surface area contributed by atoms with Crippen LogP contribution in [0.4, 0.5) is 13.2 Å². The van der Waals surface area contributed by atoms with E-state index in [-0.39, 0.29) is 24.0 Å². The number of benzene rings is 3. The Hall–Kier alpha value is -4.11. The van der Waals surface area contributed by atoms with Crippen LogP contribution in [0, 0.1) is 5.92 Å². The lowest BCUT2D eigenvalue weighted by Crippen LogP contribution is -2.51. The normalized spacial score (nSPS) is 15.5. The fraction of sp³-hybridized carbons (Fsp3) is 0.333. The van der Waals surface area contributed by atoms with E-state index in [0.717, 1.165) is 35.6 Å². The van der Waals surface area contributed by atoms with Crippen molar-refractivity contribution < 1.29 is 27.5 Å². The number of primary amides is 1. The second-order valence-corrected chi connectivity index (χ2v) is 10.7. The molecule has 1 aliphatic heterocycles. The summed E-state index contributed by atoms with van der Waals surface area (Å²) in [7, 11) is 0. The monoisotopic (exact) mass is 579 g/mol. The predicted octanol–water partition coefficient (Wildman–Crippen LogP) is 5.56. The third-order valence-corrected chi connectivity index (χ3v) is 7.19. The Morgan fingerprint density at radius 3 is 2.05 bits per heavy atom. The van der Waals surface area contributed by atoms with Gasteiger partial charge in [0.25, 0.3) is 0 Å². The Morgan fingerprint density at radius 2 is 1.50 bits per heavy atom. The van der Waals surface area contributed by atoms with Crippen LogP contribution in [0.2, 0.25) is 0 Å². The van der Waals surface area contributed by atoms with Crippen molar-refractivity contribution in [3.05, 3.63) is 107 Å². The summed E-state index contributed by atoms with van der Waals surface area (Å²) in [6.07, 6.45) is -2.71. The van der Waals surface area contributed by atoms with Gasteiger partial charge in [-0.05, 0) is 67.3 Å². The van der Waals surface area contributed by atoms with E-state index in [1.807, 2.05) is 68.4 Å².